The molecule has 2 bridgehead atoms. The number of aliphatic hydroxyl groups excluding tert-OH is 3. The zero-order valence-corrected chi connectivity index (χ0v) is 16.0. The molecule has 1 unspecified atom stereocenters. The average molecular weight is 408 g/mol. The molecule has 158 valence electrons. The number of ether oxygens (including phenoxy) is 2. The Morgan fingerprint density at radius 3 is 2.45 bits per heavy atom. The monoisotopic (exact) mass is 408 g/mol. The third kappa shape index (κ3) is 1.69. The van der Waals surface area contributed by atoms with Crippen LogP contribution in [0.1, 0.15) is 20.3 Å². The molecule has 29 heavy (non-hydrogen) atoms. The molecule has 5 N–H and O–H groups in total. The quantitative estimate of drug-likeness (QED) is 0.230. The van der Waals surface area contributed by atoms with Crippen LogP contribution in [0.4, 0.5) is 0 Å². The predicted molar refractivity (Wildman–Crippen MR) is 93.8 cm³/mol. The Morgan fingerprint density at radius 2 is 1.79 bits per heavy atom. The Kier molecular flexibility index (Phi) is 3.44. The van der Waals surface area contributed by atoms with Gasteiger partial charge < -0.3 is 35.0 Å². The van der Waals surface area contributed by atoms with Crippen LogP contribution in [-0.2, 0) is 19.1 Å². The van der Waals surface area contributed by atoms with Gasteiger partial charge in [0.15, 0.2) is 11.9 Å². The number of fused-ring (bicyclic) bond motifs is 1. The summed E-state index contributed by atoms with van der Waals surface area (Å²) < 4.78 is 11.1. The van der Waals surface area contributed by atoms with Gasteiger partial charge in [0.25, 0.3) is 0 Å². The molecule has 0 aromatic carbocycles. The highest BCUT2D eigenvalue weighted by atomic mass is 16.7. The van der Waals surface area contributed by atoms with Gasteiger partial charge in [0.2, 0.25) is 5.79 Å². The molecule has 4 fully saturated rings. The molecule has 2 heterocycles. The minimum atomic E-state index is -2.37. The Labute approximate surface area is 166 Å². The van der Waals surface area contributed by atoms with Crippen LogP contribution in [0.5, 0.6) is 0 Å². The van der Waals surface area contributed by atoms with Gasteiger partial charge in [-0.1, -0.05) is 19.1 Å². The number of carbonyl (C=O) groups excluding carboxylic acids is 2. The van der Waals surface area contributed by atoms with E-state index in [0.717, 1.165) is 0 Å². The number of ketones is 1. The summed E-state index contributed by atoms with van der Waals surface area (Å²) in [6.45, 7) is 6.62. The summed E-state index contributed by atoms with van der Waals surface area (Å²) >= 11 is 0. The van der Waals surface area contributed by atoms with E-state index in [1.807, 2.05) is 0 Å². The third-order valence-corrected chi connectivity index (χ3v) is 8.44. The van der Waals surface area contributed by atoms with E-state index in [0.29, 0.717) is 5.57 Å². The summed E-state index contributed by atoms with van der Waals surface area (Å²) in [6, 6.07) is 0. The lowest BCUT2D eigenvalue weighted by Gasteiger charge is -2.69. The van der Waals surface area contributed by atoms with Crippen LogP contribution in [0.25, 0.3) is 0 Å². The van der Waals surface area contributed by atoms with Gasteiger partial charge in [-0.3, -0.25) is 4.79 Å². The van der Waals surface area contributed by atoms with Gasteiger partial charge in [0, 0.05) is 11.3 Å². The van der Waals surface area contributed by atoms with Gasteiger partial charge in [-0.05, 0) is 30.9 Å². The van der Waals surface area contributed by atoms with Crippen molar-refractivity contribution >= 4 is 11.8 Å². The fourth-order valence-electron chi connectivity index (χ4n) is 7.19. The van der Waals surface area contributed by atoms with Gasteiger partial charge in [0.05, 0.1) is 12.0 Å². The summed E-state index contributed by atoms with van der Waals surface area (Å²) in [4.78, 5) is 25.0. The maximum absolute atomic E-state index is 12.5. The number of hydrogen-bond donors (Lipinski definition) is 5. The van der Waals surface area contributed by atoms with Crippen molar-refractivity contribution in [3.8, 4) is 0 Å². The molecule has 0 radical (unpaired) electrons. The first-order valence-corrected chi connectivity index (χ1v) is 9.63. The molecule has 2 aliphatic heterocycles. The number of carbonyl (C=O) groups is 2. The Bertz CT molecular complexity index is 896. The molecule has 5 aliphatic rings. The smallest absolute Gasteiger partial charge is 0.338 e. The highest BCUT2D eigenvalue weighted by Crippen LogP contribution is 2.74. The molecule has 0 aromatic rings. The summed E-state index contributed by atoms with van der Waals surface area (Å²) in [7, 11) is 0. The molecule has 2 saturated carbocycles. The van der Waals surface area contributed by atoms with E-state index in [9.17, 15) is 35.1 Å². The maximum Gasteiger partial charge on any atom is 0.338 e. The molecular weight excluding hydrogens is 384 g/mol. The van der Waals surface area contributed by atoms with Crippen molar-refractivity contribution < 1.29 is 44.6 Å². The highest BCUT2D eigenvalue weighted by Gasteiger charge is 2.87. The van der Waals surface area contributed by atoms with Gasteiger partial charge in [-0.15, -0.1) is 0 Å². The number of allylic oxidation sites excluding steroid dienone is 1. The van der Waals surface area contributed by atoms with E-state index in [4.69, 9.17) is 9.47 Å². The van der Waals surface area contributed by atoms with E-state index in [-0.39, 0.29) is 18.6 Å². The molecule has 0 amide bonds. The molecular formula is C20H24O9. The van der Waals surface area contributed by atoms with Crippen LogP contribution in [-0.4, -0.2) is 79.7 Å². The number of aliphatic hydroxyl groups is 5. The second-order valence-corrected chi connectivity index (χ2v) is 9.38. The second kappa shape index (κ2) is 5.16. The molecule has 3 aliphatic carbocycles. The van der Waals surface area contributed by atoms with E-state index >= 15 is 0 Å². The van der Waals surface area contributed by atoms with Crippen molar-refractivity contribution in [3.05, 3.63) is 23.8 Å². The fourth-order valence-corrected chi connectivity index (χ4v) is 7.19. The first-order chi connectivity index (χ1) is 13.4. The van der Waals surface area contributed by atoms with E-state index in [1.54, 1.807) is 13.8 Å². The Hall–Kier alpha value is -1.62. The molecule has 9 nitrogen and oxygen atoms in total. The van der Waals surface area contributed by atoms with E-state index in [1.165, 1.54) is 6.08 Å². The summed E-state index contributed by atoms with van der Waals surface area (Å²) in [5.74, 6) is -5.66. The zero-order chi connectivity index (χ0) is 21.3. The molecule has 5 rings (SSSR count). The van der Waals surface area contributed by atoms with Crippen LogP contribution in [0.15, 0.2) is 23.8 Å². The van der Waals surface area contributed by atoms with Crippen molar-refractivity contribution in [1.29, 1.82) is 0 Å². The maximum atomic E-state index is 12.5. The van der Waals surface area contributed by atoms with Crippen molar-refractivity contribution in [2.75, 3.05) is 6.61 Å². The summed E-state index contributed by atoms with van der Waals surface area (Å²) in [5, 5.41) is 55.7. The first-order valence-electron chi connectivity index (χ1n) is 9.63. The summed E-state index contributed by atoms with van der Waals surface area (Å²) in [6.07, 6.45) is -5.01. The topological polar surface area (TPSA) is 154 Å². The van der Waals surface area contributed by atoms with E-state index < -0.39 is 70.2 Å². The number of hydrogen-bond acceptors (Lipinski definition) is 9. The van der Waals surface area contributed by atoms with Crippen LogP contribution >= 0.6 is 0 Å². The molecule has 10 atom stereocenters. The van der Waals surface area contributed by atoms with Crippen LogP contribution in [0.2, 0.25) is 0 Å². The third-order valence-electron chi connectivity index (χ3n) is 8.44. The molecule has 1 spiro atoms. The van der Waals surface area contributed by atoms with Crippen LogP contribution < -0.4 is 0 Å². The van der Waals surface area contributed by atoms with Gasteiger partial charge in [0.1, 0.15) is 23.9 Å². The molecule has 0 aromatic heterocycles. The zero-order valence-electron chi connectivity index (χ0n) is 16.0. The fraction of sp³-hybridized carbons (Fsp3) is 0.700. The van der Waals surface area contributed by atoms with Gasteiger partial charge in [-0.2, -0.15) is 0 Å². The SMILES string of the molecule is C=C1[C@@H](O)[C@@]2(O)OCC34[C@H]2[C@@]2(C)[C@H](O)C(=O)C=C(C)[C@@H]2C[C@H]3OC(=O)[C@H](O)[C@@]14O. The minimum Gasteiger partial charge on any atom is -0.460 e. The largest absolute Gasteiger partial charge is 0.460 e. The minimum absolute atomic E-state index is 0.142. The average Bonchev–Trinajstić information content (AvgIpc) is 2.98. The van der Waals surface area contributed by atoms with Gasteiger partial charge >= 0.3 is 5.97 Å². The van der Waals surface area contributed by atoms with Crippen molar-refractivity contribution in [2.45, 2.75) is 56.1 Å². The van der Waals surface area contributed by atoms with Crippen molar-refractivity contribution in [3.63, 3.8) is 0 Å². The Morgan fingerprint density at radius 1 is 1.14 bits per heavy atom. The predicted octanol–water partition coefficient (Wildman–Crippen LogP) is -1.83. The molecule has 2 saturated heterocycles. The normalized spacial score (nSPS) is 58.3. The standard InChI is InChI=1S/C20H24O9/c1-7-4-10(21)13(23)17(3)9(7)5-11-18-6-28-20(27,16(17)18)12(22)8(2)19(18,26)14(24)15(25)29-11/h4,9,11-14,16,22-24,26-27H,2,5-6H2,1,3H3/t9-,11+,12+,13+,14-,16+,17+,18?,19-,20+/m0/s1. The lowest BCUT2D eigenvalue weighted by atomic mass is 9.37. The van der Waals surface area contributed by atoms with E-state index in [2.05, 4.69) is 6.58 Å². The Balaban J connectivity index is 1.85. The van der Waals surface area contributed by atoms with Crippen molar-refractivity contribution in [2.24, 2.45) is 22.7 Å². The number of rotatable bonds is 0. The highest BCUT2D eigenvalue weighted by molar-refractivity contribution is 5.96. The molecule has 9 heteroatoms. The second-order valence-electron chi connectivity index (χ2n) is 9.38. The van der Waals surface area contributed by atoms with Crippen LogP contribution in [0, 0.1) is 22.7 Å². The lowest BCUT2D eigenvalue weighted by molar-refractivity contribution is -0.337. The van der Waals surface area contributed by atoms with Crippen molar-refractivity contribution in [1.82, 2.24) is 0 Å². The lowest BCUT2D eigenvalue weighted by Crippen LogP contribution is -2.82. The summed E-state index contributed by atoms with van der Waals surface area (Å²) in [5.41, 5.74) is -5.06. The van der Waals surface area contributed by atoms with Crippen LogP contribution in [0.3, 0.4) is 0 Å². The van der Waals surface area contributed by atoms with Gasteiger partial charge in [-0.25, -0.2) is 4.79 Å². The first kappa shape index (κ1) is 19.3. The number of esters is 1.